The molecule has 270 valence electrons. The van der Waals surface area contributed by atoms with Crippen molar-refractivity contribution in [3.8, 4) is 0 Å². The molecule has 1 amide bonds. The average Bonchev–Trinajstić information content (AvgIpc) is 3.40. The van der Waals surface area contributed by atoms with Crippen LogP contribution in [0.2, 0.25) is 0 Å². The Labute approximate surface area is 289 Å². The molecule has 0 saturated carbocycles. The van der Waals surface area contributed by atoms with Gasteiger partial charge in [0, 0.05) is 13.0 Å². The van der Waals surface area contributed by atoms with E-state index in [9.17, 15) is 19.8 Å². The van der Waals surface area contributed by atoms with Crippen molar-refractivity contribution in [1.82, 2.24) is 10.2 Å². The zero-order valence-corrected chi connectivity index (χ0v) is 31.2. The van der Waals surface area contributed by atoms with Gasteiger partial charge in [-0.15, -0.1) is 23.4 Å². The lowest BCUT2D eigenvalue weighted by Crippen LogP contribution is -2.65. The predicted octanol–water partition coefficient (Wildman–Crippen LogP) is 7.20. The van der Waals surface area contributed by atoms with Gasteiger partial charge < -0.3 is 25.0 Å². The van der Waals surface area contributed by atoms with E-state index >= 15 is 0 Å². The fraction of sp³-hybridized carbons (Fsp3) is 0.944. The monoisotopic (exact) mass is 690 g/mol. The smallest absolute Gasteiger partial charge is 0.306 e. The molecule has 3 N–H and O–H groups in total. The summed E-state index contributed by atoms with van der Waals surface area (Å²) in [6.45, 7) is 7.02. The Morgan fingerprint density at radius 2 is 1.46 bits per heavy atom. The third-order valence-corrected chi connectivity index (χ3v) is 11.0. The second-order valence-corrected chi connectivity index (χ2v) is 15.5. The number of hydrogen-bond donors (Lipinski definition) is 3. The van der Waals surface area contributed by atoms with Crippen LogP contribution in [0.5, 0.6) is 0 Å². The molecule has 10 heteroatoms. The number of likely N-dealkylation sites (tertiary alicyclic amines) is 1. The first-order valence-corrected chi connectivity index (χ1v) is 20.2. The quantitative estimate of drug-likeness (QED) is 0.0555. The van der Waals surface area contributed by atoms with Gasteiger partial charge in [-0.05, 0) is 45.4 Å². The van der Waals surface area contributed by atoms with Crippen LogP contribution in [0.15, 0.2) is 0 Å². The number of amides is 1. The average molecular weight is 691 g/mol. The van der Waals surface area contributed by atoms with Crippen molar-refractivity contribution in [2.75, 3.05) is 19.8 Å². The molecule has 2 aliphatic heterocycles. The molecule has 8 nitrogen and oxygen atoms in total. The number of halogens is 1. The number of ether oxygens (including phenoxy) is 2. The van der Waals surface area contributed by atoms with Gasteiger partial charge in [-0.1, -0.05) is 110 Å². The zero-order valence-electron chi connectivity index (χ0n) is 29.6. The Bertz CT molecular complexity index is 836. The lowest BCUT2D eigenvalue weighted by molar-refractivity contribution is -0.218. The summed E-state index contributed by atoms with van der Waals surface area (Å²) in [6, 6.07) is -1.01. The van der Waals surface area contributed by atoms with Gasteiger partial charge in [0.15, 0.2) is 6.10 Å². The minimum Gasteiger partial charge on any atom is -0.456 e. The van der Waals surface area contributed by atoms with E-state index in [0.29, 0.717) is 5.92 Å². The number of esters is 1. The molecule has 0 radical (unpaired) electrons. The fourth-order valence-electron chi connectivity index (χ4n) is 7.07. The molecule has 0 spiro atoms. The van der Waals surface area contributed by atoms with E-state index in [1.165, 1.54) is 88.8 Å². The van der Waals surface area contributed by atoms with Crippen molar-refractivity contribution in [3.63, 3.8) is 0 Å². The number of aliphatic hydroxyl groups is 2. The number of rotatable bonds is 24. The summed E-state index contributed by atoms with van der Waals surface area (Å²) in [4.78, 5) is 28.1. The highest BCUT2D eigenvalue weighted by atomic mass is 35.5. The van der Waals surface area contributed by atoms with Gasteiger partial charge in [0.25, 0.3) is 0 Å². The van der Waals surface area contributed by atoms with Gasteiger partial charge in [0.05, 0.1) is 17.5 Å². The van der Waals surface area contributed by atoms with Gasteiger partial charge in [0.2, 0.25) is 5.91 Å². The molecule has 2 heterocycles. The van der Waals surface area contributed by atoms with E-state index in [-0.39, 0.29) is 18.4 Å². The number of aliphatic hydroxyl groups excluding tert-OH is 2. The van der Waals surface area contributed by atoms with Crippen molar-refractivity contribution in [1.29, 1.82) is 0 Å². The second kappa shape index (κ2) is 23.7. The maximum Gasteiger partial charge on any atom is 0.306 e. The molecule has 2 fully saturated rings. The third kappa shape index (κ3) is 14.5. The van der Waals surface area contributed by atoms with Crippen LogP contribution >= 0.6 is 23.4 Å². The van der Waals surface area contributed by atoms with Crippen LogP contribution in [0, 0.1) is 5.92 Å². The summed E-state index contributed by atoms with van der Waals surface area (Å²) < 4.78 is 11.9. The minimum atomic E-state index is -1.38. The van der Waals surface area contributed by atoms with E-state index in [0.717, 1.165) is 45.1 Å². The molecular formula is C36H67ClN2O6S. The van der Waals surface area contributed by atoms with Crippen LogP contribution in [0.1, 0.15) is 143 Å². The highest BCUT2D eigenvalue weighted by Crippen LogP contribution is 2.33. The highest BCUT2D eigenvalue weighted by Gasteiger charge is 2.50. The summed E-state index contributed by atoms with van der Waals surface area (Å²) in [6.07, 6.45) is 19.1. The number of carbonyl (C=O) groups is 2. The molecule has 2 saturated heterocycles. The minimum absolute atomic E-state index is 0.151. The van der Waals surface area contributed by atoms with Crippen LogP contribution < -0.4 is 5.32 Å². The summed E-state index contributed by atoms with van der Waals surface area (Å²) >= 11 is 7.83. The maximum absolute atomic E-state index is 13.3. The molecule has 2 rings (SSSR count). The molecule has 0 aromatic carbocycles. The number of carbonyl (C=O) groups excluding carboxylic acids is 2. The first-order chi connectivity index (χ1) is 22.1. The Hall–Kier alpha value is -0.580. The van der Waals surface area contributed by atoms with Crippen molar-refractivity contribution >= 4 is 35.2 Å². The first-order valence-electron chi connectivity index (χ1n) is 18.5. The van der Waals surface area contributed by atoms with Crippen molar-refractivity contribution < 1.29 is 29.3 Å². The van der Waals surface area contributed by atoms with E-state index in [4.69, 9.17) is 21.1 Å². The van der Waals surface area contributed by atoms with E-state index < -0.39 is 47.2 Å². The van der Waals surface area contributed by atoms with E-state index in [1.807, 2.05) is 7.05 Å². The third-order valence-electron chi connectivity index (χ3n) is 9.86. The molecule has 2 aliphatic rings. The van der Waals surface area contributed by atoms with Gasteiger partial charge in [0.1, 0.15) is 23.7 Å². The van der Waals surface area contributed by atoms with Crippen LogP contribution in [-0.2, 0) is 19.1 Å². The molecule has 46 heavy (non-hydrogen) atoms. The SMILES string of the molecule is CCCCCCCCCCCCCCCCCC(=O)O[C@@H]1[C@@H](O)[C@@H](O)[C@@H]([C@H](NC(=O)[C@@H]2C[C@@H](CCC)CN2C)[C@H](C)Cl)O[C@@H]1SC. The topological polar surface area (TPSA) is 108 Å². The maximum atomic E-state index is 13.3. The van der Waals surface area contributed by atoms with Crippen molar-refractivity contribution in [3.05, 3.63) is 0 Å². The molecule has 0 aromatic heterocycles. The number of hydrogen-bond acceptors (Lipinski definition) is 8. The molecule has 0 aromatic rings. The summed E-state index contributed by atoms with van der Waals surface area (Å²) in [5.74, 6) is -0.0724. The van der Waals surface area contributed by atoms with Crippen LogP contribution in [0.25, 0.3) is 0 Å². The van der Waals surface area contributed by atoms with Gasteiger partial charge >= 0.3 is 5.97 Å². The summed E-state index contributed by atoms with van der Waals surface area (Å²) in [7, 11) is 1.96. The van der Waals surface area contributed by atoms with E-state index in [2.05, 4.69) is 24.1 Å². The molecule has 0 bridgehead atoms. The second-order valence-electron chi connectivity index (χ2n) is 13.9. The van der Waals surface area contributed by atoms with Gasteiger partial charge in [-0.2, -0.15) is 0 Å². The number of alkyl halides is 1. The Balaban J connectivity index is 1.71. The lowest BCUT2D eigenvalue weighted by Gasteiger charge is -2.45. The standard InChI is InChI=1S/C36H67ClN2O6S/c1-6-8-9-10-11-12-13-14-15-16-17-18-19-20-21-23-29(40)44-34-32(42)31(41)33(45-36(34)46-5)30(26(3)37)38-35(43)28-24-27(22-7-2)25-39(28)4/h26-28,30-34,36,41-42H,6-25H2,1-5H3,(H,38,43)/t26-,27+,28-,30+,31+,32-,33+,34+,36+/m0/s1. The van der Waals surface area contributed by atoms with Crippen LogP contribution in [-0.4, -0.2) is 94.2 Å². The first kappa shape index (κ1) is 41.6. The summed E-state index contributed by atoms with van der Waals surface area (Å²) in [5.41, 5.74) is -0.702. The van der Waals surface area contributed by atoms with Crippen LogP contribution in [0.4, 0.5) is 0 Å². The number of unbranched alkanes of at least 4 members (excludes halogenated alkanes) is 14. The Morgan fingerprint density at radius 3 is 1.96 bits per heavy atom. The highest BCUT2D eigenvalue weighted by molar-refractivity contribution is 7.99. The molecular weight excluding hydrogens is 624 g/mol. The molecule has 0 unspecified atom stereocenters. The summed E-state index contributed by atoms with van der Waals surface area (Å²) in [5, 5.41) is 24.7. The molecule has 0 aliphatic carbocycles. The zero-order chi connectivity index (χ0) is 33.9. The van der Waals surface area contributed by atoms with Crippen molar-refractivity contribution in [2.45, 2.75) is 190 Å². The number of nitrogens with zero attached hydrogens (tertiary/aromatic N) is 1. The normalized spacial score (nSPS) is 28.2. The Kier molecular flexibility index (Phi) is 21.4. The van der Waals surface area contributed by atoms with Crippen LogP contribution in [0.3, 0.4) is 0 Å². The van der Waals surface area contributed by atoms with E-state index in [1.54, 1.807) is 13.2 Å². The van der Waals surface area contributed by atoms with Gasteiger partial charge in [-0.3, -0.25) is 14.5 Å². The largest absolute Gasteiger partial charge is 0.456 e. The van der Waals surface area contributed by atoms with Gasteiger partial charge in [-0.25, -0.2) is 0 Å². The lowest BCUT2D eigenvalue weighted by atomic mass is 9.92. The predicted molar refractivity (Wildman–Crippen MR) is 190 cm³/mol. The number of likely N-dealkylation sites (N-methyl/N-ethyl adjacent to an activating group) is 1. The number of nitrogens with one attached hydrogen (secondary N) is 1. The Morgan fingerprint density at radius 1 is 0.913 bits per heavy atom. The number of thioether (sulfide) groups is 1. The van der Waals surface area contributed by atoms with Crippen molar-refractivity contribution in [2.24, 2.45) is 5.92 Å². The molecule has 9 atom stereocenters. The fourth-order valence-corrected chi connectivity index (χ4v) is 8.00.